The maximum absolute atomic E-state index is 12.7. The lowest BCUT2D eigenvalue weighted by Gasteiger charge is -2.13. The predicted octanol–water partition coefficient (Wildman–Crippen LogP) is 6.92. The van der Waals surface area contributed by atoms with Crippen LogP contribution in [0.3, 0.4) is 0 Å². The molecular weight excluding hydrogens is 514 g/mol. The summed E-state index contributed by atoms with van der Waals surface area (Å²) >= 11 is 2.76. The van der Waals surface area contributed by atoms with Crippen molar-refractivity contribution in [2.75, 3.05) is 11.1 Å². The number of allylic oxidation sites excluding steroid dienone is 1. The first kappa shape index (κ1) is 26.2. The number of rotatable bonds is 10. The minimum Gasteiger partial charge on any atom is -0.490 e. The Morgan fingerprint density at radius 3 is 2.63 bits per heavy atom. The molecule has 0 unspecified atom stereocenters. The van der Waals surface area contributed by atoms with Gasteiger partial charge in [-0.3, -0.25) is 9.36 Å². The van der Waals surface area contributed by atoms with E-state index >= 15 is 0 Å². The molecule has 1 saturated carbocycles. The highest BCUT2D eigenvalue weighted by molar-refractivity contribution is 7.99. The zero-order valence-electron chi connectivity index (χ0n) is 21.6. The summed E-state index contributed by atoms with van der Waals surface area (Å²) in [5, 5.41) is 14.9. The van der Waals surface area contributed by atoms with Crippen LogP contribution < -0.4 is 10.1 Å². The molecule has 196 valence electrons. The van der Waals surface area contributed by atoms with Gasteiger partial charge in [0.1, 0.15) is 5.75 Å². The lowest BCUT2D eigenvalue weighted by Crippen LogP contribution is -2.14. The quantitative estimate of drug-likeness (QED) is 0.172. The molecule has 2 aromatic heterocycles. The van der Waals surface area contributed by atoms with Crippen molar-refractivity contribution in [2.24, 2.45) is 0 Å². The van der Waals surface area contributed by atoms with Gasteiger partial charge in [0.05, 0.1) is 17.6 Å². The van der Waals surface area contributed by atoms with Crippen molar-refractivity contribution in [3.8, 4) is 28.4 Å². The number of nitrogens with one attached hydrogen (secondary N) is 1. The second kappa shape index (κ2) is 12.0. The Morgan fingerprint density at radius 1 is 1.13 bits per heavy atom. The number of benzene rings is 2. The number of ether oxygens (including phenoxy) is 1. The van der Waals surface area contributed by atoms with Crippen LogP contribution in [0.15, 0.2) is 65.7 Å². The molecule has 1 fully saturated rings. The van der Waals surface area contributed by atoms with Gasteiger partial charge in [-0.05, 0) is 81.0 Å². The molecule has 1 N–H and O–H groups in total. The van der Waals surface area contributed by atoms with Crippen molar-refractivity contribution in [3.05, 3.63) is 71.6 Å². The summed E-state index contributed by atoms with van der Waals surface area (Å²) in [4.78, 5) is 17.3. The van der Waals surface area contributed by atoms with E-state index in [1.165, 1.54) is 47.1 Å². The molecule has 38 heavy (non-hydrogen) atoms. The average Bonchev–Trinajstić information content (AvgIpc) is 3.68. The van der Waals surface area contributed by atoms with Crippen molar-refractivity contribution in [1.29, 1.82) is 0 Å². The van der Waals surface area contributed by atoms with Crippen molar-refractivity contribution < 1.29 is 9.53 Å². The summed E-state index contributed by atoms with van der Waals surface area (Å²) in [5.74, 6) is 1.67. The summed E-state index contributed by atoms with van der Waals surface area (Å²) in [5.41, 5.74) is 5.30. The third kappa shape index (κ3) is 6.16. The molecule has 1 amide bonds. The number of carbonyl (C=O) groups excluding carboxylic acids is 1. The minimum absolute atomic E-state index is 0.140. The summed E-state index contributed by atoms with van der Waals surface area (Å²) in [7, 11) is 0. The maximum Gasteiger partial charge on any atom is 0.236 e. The zero-order valence-corrected chi connectivity index (χ0v) is 23.3. The zero-order chi connectivity index (χ0) is 26.5. The highest BCUT2D eigenvalue weighted by atomic mass is 32.2. The molecule has 1 aliphatic rings. The van der Waals surface area contributed by atoms with Crippen LogP contribution in [-0.4, -0.2) is 37.5 Å². The van der Waals surface area contributed by atoms with Crippen molar-refractivity contribution >= 4 is 34.1 Å². The third-order valence-electron chi connectivity index (χ3n) is 6.63. The van der Waals surface area contributed by atoms with Crippen LogP contribution in [0.4, 0.5) is 5.13 Å². The number of thiazole rings is 1. The van der Waals surface area contributed by atoms with E-state index in [-0.39, 0.29) is 11.7 Å². The van der Waals surface area contributed by atoms with Gasteiger partial charge < -0.3 is 10.1 Å². The van der Waals surface area contributed by atoms with Crippen LogP contribution >= 0.6 is 23.1 Å². The van der Waals surface area contributed by atoms with Gasteiger partial charge in [-0.1, -0.05) is 30.0 Å². The number of nitrogens with zero attached hydrogens (tertiary/aromatic N) is 4. The van der Waals surface area contributed by atoms with E-state index in [9.17, 15) is 4.79 Å². The number of carbonyl (C=O) groups is 1. The van der Waals surface area contributed by atoms with Crippen molar-refractivity contribution in [3.63, 3.8) is 0 Å². The molecule has 7 nitrogen and oxygen atoms in total. The van der Waals surface area contributed by atoms with Crippen molar-refractivity contribution in [1.82, 2.24) is 19.7 Å². The van der Waals surface area contributed by atoms with Gasteiger partial charge in [0.2, 0.25) is 5.91 Å². The molecule has 0 radical (unpaired) electrons. The van der Waals surface area contributed by atoms with E-state index in [0.29, 0.717) is 22.9 Å². The molecule has 2 heterocycles. The van der Waals surface area contributed by atoms with E-state index in [1.807, 2.05) is 34.2 Å². The van der Waals surface area contributed by atoms with E-state index in [0.717, 1.165) is 41.2 Å². The normalized spacial score (nSPS) is 13.5. The van der Waals surface area contributed by atoms with Crippen LogP contribution in [-0.2, 0) is 11.3 Å². The summed E-state index contributed by atoms with van der Waals surface area (Å²) in [6.45, 7) is 8.59. The van der Waals surface area contributed by atoms with Crippen LogP contribution in [0.25, 0.3) is 22.6 Å². The summed E-state index contributed by atoms with van der Waals surface area (Å²) < 4.78 is 8.06. The van der Waals surface area contributed by atoms with Gasteiger partial charge >= 0.3 is 0 Å². The second-order valence-corrected chi connectivity index (χ2v) is 11.2. The van der Waals surface area contributed by atoms with Gasteiger partial charge in [0.25, 0.3) is 0 Å². The molecule has 5 rings (SSSR count). The van der Waals surface area contributed by atoms with Crippen LogP contribution in [0.1, 0.15) is 36.8 Å². The molecule has 2 aromatic carbocycles. The minimum atomic E-state index is -0.140. The SMILES string of the molecule is C=CCn1c(SCC(=O)Nc2nc(-c3ccc(C)c(C)c3)cs2)nnc1-c1ccc(OC2CCCC2)cc1. The molecule has 0 saturated heterocycles. The molecule has 1 aliphatic carbocycles. The maximum atomic E-state index is 12.7. The molecular formula is C29H31N5O2S2. The Morgan fingerprint density at radius 2 is 1.89 bits per heavy atom. The molecule has 0 spiro atoms. The Kier molecular flexibility index (Phi) is 8.24. The Bertz CT molecular complexity index is 1420. The van der Waals surface area contributed by atoms with Crippen LogP contribution in [0.2, 0.25) is 0 Å². The summed E-state index contributed by atoms with van der Waals surface area (Å²) in [6, 6.07) is 14.2. The predicted molar refractivity (Wildman–Crippen MR) is 155 cm³/mol. The fourth-order valence-corrected chi connectivity index (χ4v) is 5.92. The number of aromatic nitrogens is 4. The molecule has 0 aliphatic heterocycles. The molecule has 0 atom stereocenters. The number of hydrogen-bond acceptors (Lipinski definition) is 7. The van der Waals surface area contributed by atoms with Crippen LogP contribution in [0, 0.1) is 13.8 Å². The number of hydrogen-bond donors (Lipinski definition) is 1. The van der Waals surface area contributed by atoms with Crippen molar-refractivity contribution in [2.45, 2.75) is 57.3 Å². The number of thioether (sulfide) groups is 1. The van der Waals surface area contributed by atoms with Gasteiger partial charge in [-0.2, -0.15) is 0 Å². The largest absolute Gasteiger partial charge is 0.490 e. The molecule has 4 aromatic rings. The standard InChI is InChI=1S/C29H31N5O2S2/c1-4-15-34-27(21-11-13-24(14-12-21)36-23-7-5-6-8-23)32-33-29(34)38-18-26(35)31-28-30-25(17-37-28)22-10-9-19(2)20(3)16-22/h4,9-14,16-17,23H,1,5-8,15,18H2,2-3H3,(H,30,31,35). The van der Waals surface area contributed by atoms with E-state index in [2.05, 4.69) is 59.1 Å². The lowest BCUT2D eigenvalue weighted by molar-refractivity contribution is -0.113. The van der Waals surface area contributed by atoms with E-state index in [4.69, 9.17) is 4.74 Å². The monoisotopic (exact) mass is 545 g/mol. The molecule has 9 heteroatoms. The summed E-state index contributed by atoms with van der Waals surface area (Å²) in [6.07, 6.45) is 6.85. The molecule has 0 bridgehead atoms. The fraction of sp³-hybridized carbons (Fsp3) is 0.310. The third-order valence-corrected chi connectivity index (χ3v) is 8.36. The van der Waals surface area contributed by atoms with Gasteiger partial charge in [-0.15, -0.1) is 28.1 Å². The number of amides is 1. The van der Waals surface area contributed by atoms with Gasteiger partial charge in [0, 0.05) is 23.1 Å². The highest BCUT2D eigenvalue weighted by Crippen LogP contribution is 2.29. The Hall–Kier alpha value is -3.43. The highest BCUT2D eigenvalue weighted by Gasteiger charge is 2.18. The first-order chi connectivity index (χ1) is 18.5. The first-order valence-electron chi connectivity index (χ1n) is 12.8. The number of aryl methyl sites for hydroxylation is 2. The van der Waals surface area contributed by atoms with E-state index in [1.54, 1.807) is 6.08 Å². The topological polar surface area (TPSA) is 81.9 Å². The fourth-order valence-electron chi connectivity index (χ4n) is 4.43. The first-order valence-corrected chi connectivity index (χ1v) is 14.6. The van der Waals surface area contributed by atoms with Gasteiger partial charge in [0.15, 0.2) is 16.1 Å². The smallest absolute Gasteiger partial charge is 0.236 e. The Labute approximate surface area is 231 Å². The Balaban J connectivity index is 1.21. The van der Waals surface area contributed by atoms with Gasteiger partial charge in [-0.25, -0.2) is 4.98 Å². The number of anilines is 1. The van der Waals surface area contributed by atoms with Crippen LogP contribution in [0.5, 0.6) is 5.75 Å². The lowest BCUT2D eigenvalue weighted by atomic mass is 10.1. The average molecular weight is 546 g/mol. The second-order valence-electron chi connectivity index (χ2n) is 9.43. The van der Waals surface area contributed by atoms with E-state index < -0.39 is 0 Å².